The third-order valence-corrected chi connectivity index (χ3v) is 7.07. The van der Waals surface area contributed by atoms with Crippen molar-refractivity contribution >= 4 is 40.3 Å². The number of nitrogens with zero attached hydrogens (tertiary/aromatic N) is 3. The lowest BCUT2D eigenvalue weighted by molar-refractivity contribution is -0.140. The molecule has 4 rings (SSSR count). The Labute approximate surface area is 220 Å². The summed E-state index contributed by atoms with van der Waals surface area (Å²) in [4.78, 5) is 43.3. The number of carboxylic acids is 1. The molecule has 0 radical (unpaired) electrons. The predicted octanol–water partition coefficient (Wildman–Crippen LogP) is 1.94. The van der Waals surface area contributed by atoms with E-state index in [2.05, 4.69) is 10.6 Å². The fourth-order valence-electron chi connectivity index (χ4n) is 4.75. The number of aliphatic carboxylic acids is 1. The van der Waals surface area contributed by atoms with Crippen LogP contribution in [0.3, 0.4) is 0 Å². The van der Waals surface area contributed by atoms with Gasteiger partial charge < -0.3 is 30.9 Å². The van der Waals surface area contributed by atoms with Gasteiger partial charge in [0.2, 0.25) is 11.8 Å². The highest BCUT2D eigenvalue weighted by atomic mass is 16.4. The van der Waals surface area contributed by atoms with E-state index in [1.165, 1.54) is 0 Å². The summed E-state index contributed by atoms with van der Waals surface area (Å²) < 4.78 is 1.98. The number of imidazole rings is 1. The minimum Gasteiger partial charge on any atom is -0.481 e. The number of hydrogen-bond donors (Lipinski definition) is 5. The molecule has 38 heavy (non-hydrogen) atoms. The number of carboxylic acid groups (broad SMARTS) is 1. The zero-order valence-corrected chi connectivity index (χ0v) is 21.6. The summed E-state index contributed by atoms with van der Waals surface area (Å²) in [5, 5.41) is 22.4. The van der Waals surface area contributed by atoms with E-state index in [-0.39, 0.29) is 18.3 Å². The molecule has 0 aliphatic carbocycles. The summed E-state index contributed by atoms with van der Waals surface area (Å²) in [5.41, 5.74) is 8.26. The highest BCUT2D eigenvalue weighted by Crippen LogP contribution is 2.30. The third-order valence-electron chi connectivity index (χ3n) is 7.07. The molecule has 0 saturated carbocycles. The van der Waals surface area contributed by atoms with Gasteiger partial charge in [-0.1, -0.05) is 6.07 Å². The number of amidine groups is 1. The molecule has 1 atom stereocenters. The van der Waals surface area contributed by atoms with E-state index in [0.29, 0.717) is 36.3 Å². The minimum atomic E-state index is -1.22. The molecule has 1 fully saturated rings. The summed E-state index contributed by atoms with van der Waals surface area (Å²) in [7, 11) is 1.92. The first-order valence-electron chi connectivity index (χ1n) is 12.5. The SMILES string of the molecule is Cn1c(CNc2ccc(C(=N)N)cc2)nc2cc(C(C)(CNC(=O)CC(=O)O)C(=O)N3CCCC3)ccc21. The van der Waals surface area contributed by atoms with Gasteiger partial charge in [0.25, 0.3) is 0 Å². The Morgan fingerprint density at radius 1 is 1.13 bits per heavy atom. The van der Waals surface area contributed by atoms with Crippen LogP contribution in [0.25, 0.3) is 11.0 Å². The van der Waals surface area contributed by atoms with Crippen LogP contribution in [0.2, 0.25) is 0 Å². The van der Waals surface area contributed by atoms with Gasteiger partial charge in [0.05, 0.1) is 23.0 Å². The Balaban J connectivity index is 1.59. The minimum absolute atomic E-state index is 0.0133. The Morgan fingerprint density at radius 3 is 2.45 bits per heavy atom. The van der Waals surface area contributed by atoms with Gasteiger partial charge in [-0.15, -0.1) is 0 Å². The first kappa shape index (κ1) is 26.6. The summed E-state index contributed by atoms with van der Waals surface area (Å²) in [6.45, 7) is 3.54. The Hall–Kier alpha value is -4.41. The maximum atomic E-state index is 13.6. The molecule has 200 valence electrons. The van der Waals surface area contributed by atoms with Crippen LogP contribution in [0.4, 0.5) is 5.69 Å². The standard InChI is InChI=1S/C27H33N7O4/c1-27(16-31-23(35)14-24(36)37,26(38)34-11-3-4-12-34)18-7-10-21-20(13-18)32-22(33(21)2)15-30-19-8-5-17(6-9-19)25(28)29/h5-10,13,30H,3-4,11-12,14-16H2,1-2H3,(H3,28,29)(H,31,35)(H,36,37). The molecule has 1 aliphatic rings. The second-order valence-corrected chi connectivity index (χ2v) is 9.81. The van der Waals surface area contributed by atoms with Crippen molar-refractivity contribution in [2.45, 2.75) is 38.1 Å². The van der Waals surface area contributed by atoms with Gasteiger partial charge >= 0.3 is 5.97 Å². The van der Waals surface area contributed by atoms with Crippen LogP contribution in [0.1, 0.15) is 43.1 Å². The number of benzene rings is 2. The Kier molecular flexibility index (Phi) is 7.65. The number of hydrogen-bond acceptors (Lipinski definition) is 6. The van der Waals surface area contributed by atoms with Crippen molar-refractivity contribution in [2.75, 3.05) is 25.0 Å². The summed E-state index contributed by atoms with van der Waals surface area (Å²) >= 11 is 0. The smallest absolute Gasteiger partial charge is 0.312 e. The van der Waals surface area contributed by atoms with Crippen LogP contribution >= 0.6 is 0 Å². The summed E-state index contributed by atoms with van der Waals surface area (Å²) in [5.74, 6) is -1.16. The second-order valence-electron chi connectivity index (χ2n) is 9.81. The molecule has 3 aromatic rings. The largest absolute Gasteiger partial charge is 0.481 e. The number of carbonyl (C=O) groups is 3. The van der Waals surface area contributed by atoms with Crippen molar-refractivity contribution < 1.29 is 19.5 Å². The lowest BCUT2D eigenvalue weighted by Crippen LogP contribution is -2.50. The monoisotopic (exact) mass is 519 g/mol. The van der Waals surface area contributed by atoms with Crippen LogP contribution in [0, 0.1) is 5.41 Å². The number of anilines is 1. The molecule has 1 saturated heterocycles. The molecule has 11 nitrogen and oxygen atoms in total. The zero-order valence-electron chi connectivity index (χ0n) is 21.6. The van der Waals surface area contributed by atoms with Crippen LogP contribution in [-0.2, 0) is 33.4 Å². The maximum Gasteiger partial charge on any atom is 0.312 e. The number of aromatic nitrogens is 2. The number of aryl methyl sites for hydroxylation is 1. The van der Waals surface area contributed by atoms with Gasteiger partial charge in [0.15, 0.2) is 0 Å². The number of nitrogen functional groups attached to an aromatic ring is 1. The number of amides is 2. The Morgan fingerprint density at radius 2 is 1.82 bits per heavy atom. The molecule has 6 N–H and O–H groups in total. The number of likely N-dealkylation sites (tertiary alicyclic amines) is 1. The molecule has 0 spiro atoms. The van der Waals surface area contributed by atoms with Crippen LogP contribution < -0.4 is 16.4 Å². The fourth-order valence-corrected chi connectivity index (χ4v) is 4.75. The quantitative estimate of drug-likeness (QED) is 0.155. The van der Waals surface area contributed by atoms with E-state index in [1.807, 2.05) is 41.9 Å². The van der Waals surface area contributed by atoms with E-state index in [0.717, 1.165) is 29.9 Å². The van der Waals surface area contributed by atoms with Gasteiger partial charge in [0.1, 0.15) is 18.1 Å². The van der Waals surface area contributed by atoms with Crippen molar-refractivity contribution in [2.24, 2.45) is 12.8 Å². The lowest BCUT2D eigenvalue weighted by atomic mass is 9.80. The molecule has 2 heterocycles. The lowest BCUT2D eigenvalue weighted by Gasteiger charge is -2.33. The molecular weight excluding hydrogens is 486 g/mol. The average Bonchev–Trinajstić information content (AvgIpc) is 3.53. The Bertz CT molecular complexity index is 1380. The molecule has 2 amide bonds. The van der Waals surface area contributed by atoms with E-state index >= 15 is 0 Å². The predicted molar refractivity (Wildman–Crippen MR) is 144 cm³/mol. The van der Waals surface area contributed by atoms with Crippen molar-refractivity contribution in [1.82, 2.24) is 19.8 Å². The van der Waals surface area contributed by atoms with Crippen molar-refractivity contribution in [3.63, 3.8) is 0 Å². The van der Waals surface area contributed by atoms with Gasteiger partial charge in [-0.05, 0) is 61.7 Å². The molecule has 1 aliphatic heterocycles. The highest BCUT2D eigenvalue weighted by molar-refractivity contribution is 5.95. The van der Waals surface area contributed by atoms with E-state index < -0.39 is 23.7 Å². The average molecular weight is 520 g/mol. The zero-order chi connectivity index (χ0) is 27.4. The summed E-state index contributed by atoms with van der Waals surface area (Å²) in [6, 6.07) is 12.9. The topological polar surface area (TPSA) is 166 Å². The summed E-state index contributed by atoms with van der Waals surface area (Å²) in [6.07, 6.45) is 1.21. The van der Waals surface area contributed by atoms with Gasteiger partial charge in [-0.3, -0.25) is 19.8 Å². The van der Waals surface area contributed by atoms with Crippen molar-refractivity contribution in [3.05, 3.63) is 59.4 Å². The molecule has 11 heteroatoms. The molecule has 1 aromatic heterocycles. The van der Waals surface area contributed by atoms with E-state index in [4.69, 9.17) is 21.2 Å². The first-order valence-corrected chi connectivity index (χ1v) is 12.5. The number of rotatable bonds is 10. The first-order chi connectivity index (χ1) is 18.1. The number of nitrogens with one attached hydrogen (secondary N) is 3. The molecule has 2 aromatic carbocycles. The highest BCUT2D eigenvalue weighted by Gasteiger charge is 2.40. The number of carbonyl (C=O) groups excluding carboxylic acids is 2. The van der Waals surface area contributed by atoms with Crippen LogP contribution in [0.15, 0.2) is 42.5 Å². The fraction of sp³-hybridized carbons (Fsp3) is 0.370. The van der Waals surface area contributed by atoms with Gasteiger partial charge in [-0.2, -0.15) is 0 Å². The van der Waals surface area contributed by atoms with Crippen molar-refractivity contribution in [3.8, 4) is 0 Å². The molecular formula is C27H33N7O4. The number of nitrogens with two attached hydrogens (primary N) is 1. The molecule has 1 unspecified atom stereocenters. The third kappa shape index (κ3) is 5.61. The maximum absolute atomic E-state index is 13.6. The van der Waals surface area contributed by atoms with E-state index in [1.54, 1.807) is 24.0 Å². The van der Waals surface area contributed by atoms with Crippen molar-refractivity contribution in [1.29, 1.82) is 5.41 Å². The van der Waals surface area contributed by atoms with E-state index in [9.17, 15) is 14.4 Å². The second kappa shape index (κ2) is 10.9. The normalized spacial score (nSPS) is 14.7. The molecule has 0 bridgehead atoms. The van der Waals surface area contributed by atoms with Crippen LogP contribution in [0.5, 0.6) is 0 Å². The number of fused-ring (bicyclic) bond motifs is 1. The van der Waals surface area contributed by atoms with Gasteiger partial charge in [-0.25, -0.2) is 4.98 Å². The van der Waals surface area contributed by atoms with Gasteiger partial charge in [0, 0.05) is 37.9 Å². The van der Waals surface area contributed by atoms with Crippen LogP contribution in [-0.4, -0.2) is 62.8 Å².